The minimum absolute atomic E-state index is 0.151. The summed E-state index contributed by atoms with van der Waals surface area (Å²) >= 11 is 1.44. The molecule has 4 rings (SSSR count). The SMILES string of the molecule is O=C(c1csc(-c2cn[nH]c2)c1)N1CCC(O)(c2cccc(C(F)(F)F)c2)CC1. The van der Waals surface area contributed by atoms with Crippen molar-refractivity contribution in [2.45, 2.75) is 24.6 Å². The van der Waals surface area contributed by atoms with Gasteiger partial charge in [0.25, 0.3) is 5.91 Å². The Morgan fingerprint density at radius 1 is 1.24 bits per heavy atom. The summed E-state index contributed by atoms with van der Waals surface area (Å²) in [5.41, 5.74) is -0.485. The summed E-state index contributed by atoms with van der Waals surface area (Å²) in [5.74, 6) is -0.151. The van der Waals surface area contributed by atoms with Gasteiger partial charge in [0.1, 0.15) is 0 Å². The van der Waals surface area contributed by atoms with Gasteiger partial charge in [0.05, 0.1) is 22.9 Å². The first-order valence-corrected chi connectivity index (χ1v) is 9.91. The molecule has 29 heavy (non-hydrogen) atoms. The summed E-state index contributed by atoms with van der Waals surface area (Å²) in [4.78, 5) is 15.3. The number of rotatable bonds is 3. The van der Waals surface area contributed by atoms with Crippen molar-refractivity contribution >= 4 is 17.2 Å². The number of carbonyl (C=O) groups excluding carboxylic acids is 1. The van der Waals surface area contributed by atoms with Crippen LogP contribution in [0.5, 0.6) is 0 Å². The molecule has 3 aromatic rings. The maximum Gasteiger partial charge on any atom is 0.416 e. The number of amides is 1. The number of aromatic nitrogens is 2. The van der Waals surface area contributed by atoms with Crippen LogP contribution < -0.4 is 0 Å². The second kappa shape index (κ2) is 7.31. The number of nitrogens with one attached hydrogen (secondary N) is 1. The highest BCUT2D eigenvalue weighted by atomic mass is 32.1. The third kappa shape index (κ3) is 3.92. The Balaban J connectivity index is 1.46. The quantitative estimate of drug-likeness (QED) is 0.663. The van der Waals surface area contributed by atoms with Gasteiger partial charge in [-0.2, -0.15) is 18.3 Å². The molecule has 9 heteroatoms. The fourth-order valence-corrected chi connectivity index (χ4v) is 4.39. The summed E-state index contributed by atoms with van der Waals surface area (Å²) in [6, 6.07) is 6.58. The molecule has 5 nitrogen and oxygen atoms in total. The van der Waals surface area contributed by atoms with E-state index < -0.39 is 17.3 Å². The zero-order valence-electron chi connectivity index (χ0n) is 15.2. The van der Waals surface area contributed by atoms with E-state index in [1.807, 2.05) is 0 Å². The molecular formula is C20H18F3N3O2S. The summed E-state index contributed by atoms with van der Waals surface area (Å²) in [5, 5.41) is 19.3. The van der Waals surface area contributed by atoms with E-state index in [4.69, 9.17) is 0 Å². The molecule has 0 radical (unpaired) electrons. The van der Waals surface area contributed by atoms with Crippen LogP contribution in [-0.4, -0.2) is 39.2 Å². The van der Waals surface area contributed by atoms with E-state index in [9.17, 15) is 23.1 Å². The molecule has 152 valence electrons. The molecule has 1 fully saturated rings. The van der Waals surface area contributed by atoms with E-state index in [-0.39, 0.29) is 37.4 Å². The molecule has 1 saturated heterocycles. The molecule has 0 saturated carbocycles. The number of likely N-dealkylation sites (tertiary alicyclic amines) is 1. The van der Waals surface area contributed by atoms with Crippen molar-refractivity contribution in [1.82, 2.24) is 15.1 Å². The van der Waals surface area contributed by atoms with Crippen LogP contribution in [0.3, 0.4) is 0 Å². The highest BCUT2D eigenvalue weighted by molar-refractivity contribution is 7.13. The number of piperidine rings is 1. The Bertz CT molecular complexity index is 1010. The lowest BCUT2D eigenvalue weighted by Crippen LogP contribution is -2.45. The van der Waals surface area contributed by atoms with Crippen LogP contribution in [0.1, 0.15) is 34.3 Å². The van der Waals surface area contributed by atoms with Gasteiger partial charge in [0, 0.05) is 35.1 Å². The van der Waals surface area contributed by atoms with Crippen molar-refractivity contribution in [3.05, 3.63) is 64.8 Å². The van der Waals surface area contributed by atoms with E-state index in [0.29, 0.717) is 5.56 Å². The number of aliphatic hydroxyl groups is 1. The van der Waals surface area contributed by atoms with Crippen LogP contribution in [0.25, 0.3) is 10.4 Å². The van der Waals surface area contributed by atoms with Gasteiger partial charge in [-0.05, 0) is 36.6 Å². The minimum atomic E-state index is -4.46. The van der Waals surface area contributed by atoms with Crippen molar-refractivity contribution in [2.75, 3.05) is 13.1 Å². The van der Waals surface area contributed by atoms with Crippen molar-refractivity contribution in [2.24, 2.45) is 0 Å². The number of hydrogen-bond acceptors (Lipinski definition) is 4. The van der Waals surface area contributed by atoms with Gasteiger partial charge in [-0.15, -0.1) is 11.3 Å². The third-order valence-corrected chi connectivity index (χ3v) is 6.21. The van der Waals surface area contributed by atoms with E-state index in [1.165, 1.54) is 23.5 Å². The monoisotopic (exact) mass is 421 g/mol. The first-order chi connectivity index (χ1) is 13.8. The highest BCUT2D eigenvalue weighted by Crippen LogP contribution is 2.37. The molecule has 0 aliphatic carbocycles. The van der Waals surface area contributed by atoms with E-state index >= 15 is 0 Å². The number of alkyl halides is 3. The first-order valence-electron chi connectivity index (χ1n) is 9.03. The zero-order chi connectivity index (χ0) is 20.6. The molecule has 2 N–H and O–H groups in total. The maximum absolute atomic E-state index is 13.0. The summed E-state index contributed by atoms with van der Waals surface area (Å²) < 4.78 is 38.9. The molecule has 2 aromatic heterocycles. The summed E-state index contributed by atoms with van der Waals surface area (Å²) in [6.45, 7) is 0.533. The van der Waals surface area contributed by atoms with E-state index in [1.54, 1.807) is 28.7 Å². The predicted molar refractivity (Wildman–Crippen MR) is 102 cm³/mol. The summed E-state index contributed by atoms with van der Waals surface area (Å²) in [7, 11) is 0. The number of H-pyrrole nitrogens is 1. The van der Waals surface area contributed by atoms with Crippen LogP contribution >= 0.6 is 11.3 Å². The molecule has 0 bridgehead atoms. The largest absolute Gasteiger partial charge is 0.416 e. The number of carbonyl (C=O) groups is 1. The maximum atomic E-state index is 13.0. The van der Waals surface area contributed by atoms with Gasteiger partial charge in [0.2, 0.25) is 0 Å². The topological polar surface area (TPSA) is 69.2 Å². The van der Waals surface area contributed by atoms with Crippen molar-refractivity contribution in [3.63, 3.8) is 0 Å². The Morgan fingerprint density at radius 3 is 2.66 bits per heavy atom. The molecule has 0 spiro atoms. The second-order valence-electron chi connectivity index (χ2n) is 7.09. The van der Waals surface area contributed by atoms with Gasteiger partial charge < -0.3 is 10.0 Å². The van der Waals surface area contributed by atoms with Gasteiger partial charge in [-0.25, -0.2) is 0 Å². The average molecular weight is 421 g/mol. The molecule has 1 aliphatic rings. The van der Waals surface area contributed by atoms with E-state index in [2.05, 4.69) is 10.2 Å². The van der Waals surface area contributed by atoms with Crippen molar-refractivity contribution in [1.29, 1.82) is 0 Å². The number of nitrogens with zero attached hydrogens (tertiary/aromatic N) is 2. The van der Waals surface area contributed by atoms with Gasteiger partial charge in [0.15, 0.2) is 0 Å². The molecule has 1 aromatic carbocycles. The lowest BCUT2D eigenvalue weighted by molar-refractivity contribution is -0.137. The number of benzene rings is 1. The molecule has 1 amide bonds. The second-order valence-corrected chi connectivity index (χ2v) is 8.00. The van der Waals surface area contributed by atoms with Crippen LogP contribution in [0.4, 0.5) is 13.2 Å². The standard InChI is InChI=1S/C20H18F3N3O2S/c21-20(22,23)16-3-1-2-15(9-16)19(28)4-6-26(7-5-19)18(27)13-8-17(29-12-13)14-10-24-25-11-14/h1-3,8-12,28H,4-7H2,(H,24,25). The minimum Gasteiger partial charge on any atom is -0.385 e. The van der Waals surface area contributed by atoms with E-state index in [0.717, 1.165) is 22.6 Å². The Hall–Kier alpha value is -2.65. The Morgan fingerprint density at radius 2 is 2.00 bits per heavy atom. The molecule has 0 atom stereocenters. The number of hydrogen-bond donors (Lipinski definition) is 2. The Labute approximate surface area is 168 Å². The van der Waals surface area contributed by atoms with Gasteiger partial charge >= 0.3 is 6.18 Å². The van der Waals surface area contributed by atoms with Gasteiger partial charge in [-0.3, -0.25) is 9.89 Å². The molecule has 0 unspecified atom stereocenters. The highest BCUT2D eigenvalue weighted by Gasteiger charge is 2.38. The fourth-order valence-electron chi connectivity index (χ4n) is 3.52. The molecule has 1 aliphatic heterocycles. The normalized spacial score (nSPS) is 16.8. The van der Waals surface area contributed by atoms with Crippen LogP contribution in [0.2, 0.25) is 0 Å². The lowest BCUT2D eigenvalue weighted by atomic mass is 9.83. The number of aromatic amines is 1. The first kappa shape index (κ1) is 19.7. The smallest absolute Gasteiger partial charge is 0.385 e. The van der Waals surface area contributed by atoms with Gasteiger partial charge in [-0.1, -0.05) is 12.1 Å². The Kier molecular flexibility index (Phi) is 4.95. The lowest BCUT2D eigenvalue weighted by Gasteiger charge is -2.38. The van der Waals surface area contributed by atoms with Crippen LogP contribution in [-0.2, 0) is 11.8 Å². The van der Waals surface area contributed by atoms with Crippen LogP contribution in [0.15, 0.2) is 48.1 Å². The van der Waals surface area contributed by atoms with Crippen LogP contribution in [0, 0.1) is 0 Å². The van der Waals surface area contributed by atoms with Crippen molar-refractivity contribution in [3.8, 4) is 10.4 Å². The fraction of sp³-hybridized carbons (Fsp3) is 0.300. The summed E-state index contributed by atoms with van der Waals surface area (Å²) in [6.07, 6.45) is -0.682. The zero-order valence-corrected chi connectivity index (χ0v) is 16.1. The third-order valence-electron chi connectivity index (χ3n) is 5.23. The van der Waals surface area contributed by atoms with Crippen molar-refractivity contribution < 1.29 is 23.1 Å². The number of halogens is 3. The average Bonchev–Trinajstić information content (AvgIpc) is 3.39. The number of thiophene rings is 1. The molecule has 3 heterocycles. The predicted octanol–water partition coefficient (Wildman–Crippen LogP) is 4.28. The molecular weight excluding hydrogens is 403 g/mol.